The van der Waals surface area contributed by atoms with Gasteiger partial charge in [-0.2, -0.15) is 4.98 Å². The quantitative estimate of drug-likeness (QED) is 0.602. The Labute approximate surface area is 200 Å². The number of aromatic nitrogens is 3. The van der Waals surface area contributed by atoms with Gasteiger partial charge in [-0.05, 0) is 43.7 Å². The minimum atomic E-state index is -0.242. The van der Waals surface area contributed by atoms with Crippen LogP contribution < -0.4 is 20.7 Å². The molecular formula is C24H26N6O3S. The standard InChI is InChI=1S/C24H26N6O3S/c31-19(30-12-9-15-3-1-2-4-18(15)30)13-29-14-25-21-20(23(29)33)34-24(27-21)28-10-7-16(8-11-28)22(32)26-17-5-6-17/h1-4,14,16-17H,5-13H2,(H,26,32). The third-order valence-electron chi connectivity index (χ3n) is 6.93. The van der Waals surface area contributed by atoms with E-state index in [2.05, 4.69) is 20.2 Å². The summed E-state index contributed by atoms with van der Waals surface area (Å²) in [7, 11) is 0. The van der Waals surface area contributed by atoms with Crippen molar-refractivity contribution in [3.8, 4) is 0 Å². The van der Waals surface area contributed by atoms with E-state index in [-0.39, 0.29) is 29.8 Å². The molecule has 0 atom stereocenters. The van der Waals surface area contributed by atoms with Crippen LogP contribution in [0.15, 0.2) is 35.4 Å². The van der Waals surface area contributed by atoms with Crippen molar-refractivity contribution in [1.29, 1.82) is 0 Å². The van der Waals surface area contributed by atoms with Gasteiger partial charge in [0.1, 0.15) is 17.6 Å². The number of nitrogens with one attached hydrogen (secondary N) is 1. The van der Waals surface area contributed by atoms with E-state index < -0.39 is 0 Å². The molecule has 0 bridgehead atoms. The summed E-state index contributed by atoms with van der Waals surface area (Å²) in [6.07, 6.45) is 5.99. The molecule has 1 aromatic carbocycles. The zero-order valence-corrected chi connectivity index (χ0v) is 19.6. The molecule has 4 heterocycles. The number of hydrogen-bond acceptors (Lipinski definition) is 7. The van der Waals surface area contributed by atoms with Gasteiger partial charge < -0.3 is 15.1 Å². The van der Waals surface area contributed by atoms with E-state index in [1.165, 1.54) is 22.2 Å². The minimum Gasteiger partial charge on any atom is -0.353 e. The third kappa shape index (κ3) is 3.96. The maximum Gasteiger partial charge on any atom is 0.273 e. The van der Waals surface area contributed by atoms with Gasteiger partial charge in [-0.15, -0.1) is 0 Å². The Balaban J connectivity index is 1.15. The molecule has 1 saturated carbocycles. The summed E-state index contributed by atoms with van der Waals surface area (Å²) >= 11 is 1.32. The van der Waals surface area contributed by atoms with Crippen LogP contribution in [-0.2, 0) is 22.6 Å². The number of amides is 2. The summed E-state index contributed by atoms with van der Waals surface area (Å²) in [6, 6.07) is 8.26. The van der Waals surface area contributed by atoms with Crippen LogP contribution >= 0.6 is 11.3 Å². The number of rotatable bonds is 5. The largest absolute Gasteiger partial charge is 0.353 e. The first-order valence-electron chi connectivity index (χ1n) is 11.9. The molecule has 9 nitrogen and oxygen atoms in total. The molecular weight excluding hydrogens is 452 g/mol. The Morgan fingerprint density at radius 3 is 2.68 bits per heavy atom. The second kappa shape index (κ2) is 8.50. The number of fused-ring (bicyclic) bond motifs is 2. The van der Waals surface area contributed by atoms with Crippen molar-refractivity contribution in [2.24, 2.45) is 5.92 Å². The summed E-state index contributed by atoms with van der Waals surface area (Å²) in [4.78, 5) is 51.2. The highest BCUT2D eigenvalue weighted by Gasteiger charge is 2.31. The number of thiazole rings is 1. The molecule has 1 N–H and O–H groups in total. The highest BCUT2D eigenvalue weighted by Crippen LogP contribution is 2.30. The van der Waals surface area contributed by atoms with Gasteiger partial charge in [0.15, 0.2) is 10.8 Å². The summed E-state index contributed by atoms with van der Waals surface area (Å²) in [6.45, 7) is 2.03. The lowest BCUT2D eigenvalue weighted by atomic mass is 9.96. The topological polar surface area (TPSA) is 100 Å². The van der Waals surface area contributed by atoms with Gasteiger partial charge >= 0.3 is 0 Å². The molecule has 1 aliphatic carbocycles. The van der Waals surface area contributed by atoms with Gasteiger partial charge in [-0.25, -0.2) is 4.98 Å². The summed E-state index contributed by atoms with van der Waals surface area (Å²) in [5, 5.41) is 3.85. The monoisotopic (exact) mass is 478 g/mol. The Bertz CT molecular complexity index is 1320. The van der Waals surface area contributed by atoms with Gasteiger partial charge in [0, 0.05) is 37.3 Å². The van der Waals surface area contributed by atoms with Crippen molar-refractivity contribution in [2.75, 3.05) is 29.4 Å². The average molecular weight is 479 g/mol. The SMILES string of the molecule is O=C(NC1CC1)C1CCN(c2nc3ncn(CC(=O)N4CCc5ccccc54)c(=O)c3s2)CC1. The molecule has 34 heavy (non-hydrogen) atoms. The van der Waals surface area contributed by atoms with Gasteiger partial charge in [-0.3, -0.25) is 19.0 Å². The van der Waals surface area contributed by atoms with Crippen LogP contribution in [-0.4, -0.2) is 52.0 Å². The first-order chi connectivity index (χ1) is 16.6. The van der Waals surface area contributed by atoms with Crippen LogP contribution in [0.25, 0.3) is 10.3 Å². The number of para-hydroxylation sites is 1. The Morgan fingerprint density at radius 1 is 1.09 bits per heavy atom. The summed E-state index contributed by atoms with van der Waals surface area (Å²) in [5.41, 5.74) is 2.24. The Hall–Kier alpha value is -3.27. The van der Waals surface area contributed by atoms with E-state index in [0.717, 1.165) is 61.6 Å². The normalized spacial score (nSPS) is 18.4. The lowest BCUT2D eigenvalue weighted by Crippen LogP contribution is -2.41. The molecule has 3 aliphatic rings. The van der Waals surface area contributed by atoms with Crippen LogP contribution in [0, 0.1) is 5.92 Å². The van der Waals surface area contributed by atoms with Crippen molar-refractivity contribution < 1.29 is 9.59 Å². The van der Waals surface area contributed by atoms with E-state index in [1.807, 2.05) is 24.3 Å². The highest BCUT2D eigenvalue weighted by molar-refractivity contribution is 7.22. The fraction of sp³-hybridized carbons (Fsp3) is 0.458. The maximum atomic E-state index is 13.1. The maximum absolute atomic E-state index is 13.1. The zero-order chi connectivity index (χ0) is 23.2. The summed E-state index contributed by atoms with van der Waals surface area (Å²) in [5.74, 6) is 0.0918. The van der Waals surface area contributed by atoms with E-state index >= 15 is 0 Å². The van der Waals surface area contributed by atoms with Crippen LogP contribution in [0.5, 0.6) is 0 Å². The molecule has 6 rings (SSSR count). The van der Waals surface area contributed by atoms with Gasteiger partial charge in [0.25, 0.3) is 5.56 Å². The molecule has 1 saturated heterocycles. The fourth-order valence-corrected chi connectivity index (χ4v) is 5.81. The van der Waals surface area contributed by atoms with Crippen molar-refractivity contribution in [3.63, 3.8) is 0 Å². The molecule has 0 radical (unpaired) electrons. The van der Waals surface area contributed by atoms with Crippen molar-refractivity contribution in [1.82, 2.24) is 19.9 Å². The molecule has 3 aromatic rings. The predicted octanol–water partition coefficient (Wildman–Crippen LogP) is 1.94. The molecule has 2 fully saturated rings. The van der Waals surface area contributed by atoms with Gasteiger partial charge in [0.05, 0.1) is 0 Å². The number of benzene rings is 1. The molecule has 0 unspecified atom stereocenters. The number of nitrogens with zero attached hydrogens (tertiary/aromatic N) is 5. The van der Waals surface area contributed by atoms with E-state index in [9.17, 15) is 14.4 Å². The van der Waals surface area contributed by atoms with Gasteiger partial charge in [0.2, 0.25) is 11.8 Å². The Morgan fingerprint density at radius 2 is 1.88 bits per heavy atom. The third-order valence-corrected chi connectivity index (χ3v) is 8.02. The van der Waals surface area contributed by atoms with Crippen LogP contribution in [0.4, 0.5) is 10.8 Å². The van der Waals surface area contributed by atoms with Crippen molar-refractivity contribution >= 4 is 44.3 Å². The van der Waals surface area contributed by atoms with E-state index in [0.29, 0.717) is 22.9 Å². The molecule has 2 aromatic heterocycles. The molecule has 2 amide bonds. The number of carbonyl (C=O) groups excluding carboxylic acids is 2. The number of piperidine rings is 1. The van der Waals surface area contributed by atoms with Crippen LogP contribution in [0.3, 0.4) is 0 Å². The first kappa shape index (κ1) is 21.3. The fourth-order valence-electron chi connectivity index (χ4n) is 4.79. The number of carbonyl (C=O) groups is 2. The van der Waals surface area contributed by atoms with Crippen molar-refractivity contribution in [2.45, 2.75) is 44.7 Å². The average Bonchev–Trinajstić information content (AvgIpc) is 3.39. The summed E-state index contributed by atoms with van der Waals surface area (Å²) < 4.78 is 1.84. The van der Waals surface area contributed by atoms with E-state index in [4.69, 9.17) is 0 Å². The lowest BCUT2D eigenvalue weighted by Gasteiger charge is -2.30. The number of anilines is 2. The highest BCUT2D eigenvalue weighted by atomic mass is 32.1. The zero-order valence-electron chi connectivity index (χ0n) is 18.8. The van der Waals surface area contributed by atoms with Gasteiger partial charge in [-0.1, -0.05) is 29.5 Å². The first-order valence-corrected chi connectivity index (χ1v) is 12.7. The number of hydrogen-bond donors (Lipinski definition) is 1. The molecule has 2 aliphatic heterocycles. The van der Waals surface area contributed by atoms with Crippen LogP contribution in [0.1, 0.15) is 31.2 Å². The van der Waals surface area contributed by atoms with Crippen molar-refractivity contribution in [3.05, 3.63) is 46.5 Å². The minimum absolute atomic E-state index is 0.0447. The lowest BCUT2D eigenvalue weighted by molar-refractivity contribution is -0.125. The molecule has 176 valence electrons. The Kier molecular flexibility index (Phi) is 5.32. The smallest absolute Gasteiger partial charge is 0.273 e. The molecule has 10 heteroatoms. The molecule has 0 spiro atoms. The second-order valence-corrected chi connectivity index (χ2v) is 10.3. The second-order valence-electron chi connectivity index (χ2n) is 9.30. The van der Waals surface area contributed by atoms with Crippen LogP contribution in [0.2, 0.25) is 0 Å². The van der Waals surface area contributed by atoms with E-state index in [1.54, 1.807) is 4.90 Å². The predicted molar refractivity (Wildman–Crippen MR) is 130 cm³/mol.